The minimum atomic E-state index is 1.10. The molecule has 0 saturated carbocycles. The van der Waals surface area contributed by atoms with Crippen molar-refractivity contribution in [3.8, 4) is 0 Å². The van der Waals surface area contributed by atoms with E-state index in [2.05, 4.69) is 50.3 Å². The highest BCUT2D eigenvalue weighted by Gasteiger charge is 2.18. The first-order valence-corrected chi connectivity index (χ1v) is 5.77. The van der Waals surface area contributed by atoms with Crippen LogP contribution in [0.1, 0.15) is 38.8 Å². The van der Waals surface area contributed by atoms with Crippen molar-refractivity contribution in [1.82, 2.24) is 0 Å². The van der Waals surface area contributed by atoms with Crippen molar-refractivity contribution < 1.29 is 0 Å². The zero-order chi connectivity index (χ0) is 11.3. The van der Waals surface area contributed by atoms with Crippen LogP contribution in [0.2, 0.25) is 0 Å². The topological polar surface area (TPSA) is 0 Å². The normalized spacial score (nSPS) is 18.7. The second-order valence-electron chi connectivity index (χ2n) is 3.35. The number of hydrogen-bond donors (Lipinski definition) is 0. The fraction of sp³-hybridized carbons (Fsp3) is 0.333. The SMILES string of the molecule is C/C=C1/Cc2ccccc2/C1=C/C.CC. The Morgan fingerprint density at radius 3 is 2.27 bits per heavy atom. The Morgan fingerprint density at radius 2 is 1.67 bits per heavy atom. The van der Waals surface area contributed by atoms with Crippen LogP contribution < -0.4 is 0 Å². The van der Waals surface area contributed by atoms with Crippen LogP contribution in [0.25, 0.3) is 5.57 Å². The molecule has 0 bridgehead atoms. The van der Waals surface area contributed by atoms with Gasteiger partial charge in [-0.05, 0) is 42.5 Å². The third-order valence-electron chi connectivity index (χ3n) is 2.67. The molecule has 0 saturated heterocycles. The van der Waals surface area contributed by atoms with Gasteiger partial charge in [-0.15, -0.1) is 0 Å². The molecule has 0 spiro atoms. The molecule has 0 radical (unpaired) electrons. The van der Waals surface area contributed by atoms with Gasteiger partial charge in [0, 0.05) is 0 Å². The highest BCUT2D eigenvalue weighted by Crippen LogP contribution is 2.35. The monoisotopic (exact) mass is 200 g/mol. The van der Waals surface area contributed by atoms with Gasteiger partial charge in [-0.3, -0.25) is 0 Å². The van der Waals surface area contributed by atoms with E-state index >= 15 is 0 Å². The fourth-order valence-electron chi connectivity index (χ4n) is 2.01. The summed E-state index contributed by atoms with van der Waals surface area (Å²) < 4.78 is 0. The summed E-state index contributed by atoms with van der Waals surface area (Å²) >= 11 is 0. The highest BCUT2D eigenvalue weighted by atomic mass is 14.2. The summed E-state index contributed by atoms with van der Waals surface area (Å²) in [4.78, 5) is 0. The summed E-state index contributed by atoms with van der Waals surface area (Å²) in [6.07, 6.45) is 5.53. The second kappa shape index (κ2) is 5.55. The lowest BCUT2D eigenvalue weighted by molar-refractivity contribution is 1.26. The minimum absolute atomic E-state index is 1.10. The maximum atomic E-state index is 2.22. The van der Waals surface area contributed by atoms with Gasteiger partial charge in [-0.1, -0.05) is 50.3 Å². The van der Waals surface area contributed by atoms with Crippen LogP contribution in [0, 0.1) is 0 Å². The van der Waals surface area contributed by atoms with Crippen LogP contribution >= 0.6 is 0 Å². The Kier molecular flexibility index (Phi) is 4.36. The molecule has 0 heterocycles. The number of hydrogen-bond acceptors (Lipinski definition) is 0. The van der Waals surface area contributed by atoms with Crippen LogP contribution in [-0.4, -0.2) is 0 Å². The number of allylic oxidation sites excluding steroid dienone is 4. The lowest BCUT2D eigenvalue weighted by Crippen LogP contribution is -1.78. The quantitative estimate of drug-likeness (QED) is 0.573. The first-order chi connectivity index (χ1) is 7.36. The van der Waals surface area contributed by atoms with Crippen molar-refractivity contribution in [2.45, 2.75) is 34.1 Å². The van der Waals surface area contributed by atoms with Gasteiger partial charge in [0.15, 0.2) is 0 Å². The van der Waals surface area contributed by atoms with Gasteiger partial charge in [0.1, 0.15) is 0 Å². The summed E-state index contributed by atoms with van der Waals surface area (Å²) in [7, 11) is 0. The molecule has 2 rings (SSSR count). The molecule has 1 aliphatic rings. The van der Waals surface area contributed by atoms with E-state index < -0.39 is 0 Å². The van der Waals surface area contributed by atoms with Gasteiger partial charge < -0.3 is 0 Å². The summed E-state index contributed by atoms with van der Waals surface area (Å²) in [6.45, 7) is 8.23. The van der Waals surface area contributed by atoms with Crippen molar-refractivity contribution in [3.05, 3.63) is 53.1 Å². The molecule has 1 aromatic rings. The molecule has 0 heteroatoms. The molecule has 0 N–H and O–H groups in total. The molecule has 1 aromatic carbocycles. The third kappa shape index (κ3) is 2.20. The lowest BCUT2D eigenvalue weighted by Gasteiger charge is -1.99. The number of fused-ring (bicyclic) bond motifs is 1. The van der Waals surface area contributed by atoms with Gasteiger partial charge in [-0.25, -0.2) is 0 Å². The van der Waals surface area contributed by atoms with Crippen LogP contribution in [0.3, 0.4) is 0 Å². The largest absolute Gasteiger partial charge is 0.0835 e. The number of rotatable bonds is 0. The fourth-order valence-corrected chi connectivity index (χ4v) is 2.01. The molecule has 1 aliphatic carbocycles. The molecule has 0 atom stereocenters. The Bertz CT molecular complexity index is 381. The average molecular weight is 200 g/mol. The molecule has 0 aromatic heterocycles. The Hall–Kier alpha value is -1.30. The van der Waals surface area contributed by atoms with Crippen molar-refractivity contribution in [2.75, 3.05) is 0 Å². The van der Waals surface area contributed by atoms with Crippen molar-refractivity contribution in [3.63, 3.8) is 0 Å². The first-order valence-electron chi connectivity index (χ1n) is 5.77. The van der Waals surface area contributed by atoms with Gasteiger partial charge in [0.2, 0.25) is 0 Å². The van der Waals surface area contributed by atoms with E-state index in [1.165, 1.54) is 22.3 Å². The maximum Gasteiger partial charge on any atom is -0.00168 e. The van der Waals surface area contributed by atoms with Gasteiger partial charge in [0.05, 0.1) is 0 Å². The molecule has 0 unspecified atom stereocenters. The molecule has 0 amide bonds. The molecule has 0 nitrogen and oxygen atoms in total. The summed E-state index contributed by atoms with van der Waals surface area (Å²) in [6, 6.07) is 8.65. The third-order valence-corrected chi connectivity index (χ3v) is 2.67. The predicted octanol–water partition coefficient (Wildman–Crippen LogP) is 4.62. The molecular weight excluding hydrogens is 180 g/mol. The first kappa shape index (κ1) is 11.8. The number of benzene rings is 1. The van der Waals surface area contributed by atoms with E-state index in [9.17, 15) is 0 Å². The second-order valence-corrected chi connectivity index (χ2v) is 3.35. The van der Waals surface area contributed by atoms with E-state index in [0.29, 0.717) is 0 Å². The van der Waals surface area contributed by atoms with Crippen molar-refractivity contribution >= 4 is 5.57 Å². The van der Waals surface area contributed by atoms with E-state index in [0.717, 1.165) is 6.42 Å². The summed E-state index contributed by atoms with van der Waals surface area (Å²) in [5, 5.41) is 0. The Labute approximate surface area is 93.3 Å². The van der Waals surface area contributed by atoms with Gasteiger partial charge in [0.25, 0.3) is 0 Å². The van der Waals surface area contributed by atoms with Crippen LogP contribution in [0.5, 0.6) is 0 Å². The Balaban J connectivity index is 0.000000531. The predicted molar refractivity (Wildman–Crippen MR) is 68.9 cm³/mol. The van der Waals surface area contributed by atoms with E-state index in [4.69, 9.17) is 0 Å². The zero-order valence-electron chi connectivity index (χ0n) is 10.2. The minimum Gasteiger partial charge on any atom is -0.0835 e. The van der Waals surface area contributed by atoms with Crippen LogP contribution in [-0.2, 0) is 6.42 Å². The Morgan fingerprint density at radius 1 is 1.00 bits per heavy atom. The van der Waals surface area contributed by atoms with E-state index in [-0.39, 0.29) is 0 Å². The zero-order valence-corrected chi connectivity index (χ0v) is 10.2. The standard InChI is InChI=1S/C13H14.C2H6/c1-3-10-9-11-7-5-6-8-13(11)12(10)4-2;1-2/h3-8H,9H2,1-2H3;1-2H3/b10-3-,12-4+;. The molecule has 0 aliphatic heterocycles. The lowest BCUT2D eigenvalue weighted by atomic mass is 10.1. The summed E-state index contributed by atoms with van der Waals surface area (Å²) in [5.41, 5.74) is 5.75. The smallest absolute Gasteiger partial charge is 0.00168 e. The molecule has 0 fully saturated rings. The average Bonchev–Trinajstić information content (AvgIpc) is 2.69. The highest BCUT2D eigenvalue weighted by molar-refractivity contribution is 5.85. The van der Waals surface area contributed by atoms with Crippen molar-refractivity contribution in [2.24, 2.45) is 0 Å². The summed E-state index contributed by atoms with van der Waals surface area (Å²) in [5.74, 6) is 0. The van der Waals surface area contributed by atoms with Crippen molar-refractivity contribution in [1.29, 1.82) is 0 Å². The molecule has 15 heavy (non-hydrogen) atoms. The van der Waals surface area contributed by atoms with Crippen LogP contribution in [0.4, 0.5) is 0 Å². The van der Waals surface area contributed by atoms with Crippen LogP contribution in [0.15, 0.2) is 42.0 Å². The van der Waals surface area contributed by atoms with E-state index in [1.54, 1.807) is 0 Å². The van der Waals surface area contributed by atoms with E-state index in [1.807, 2.05) is 13.8 Å². The van der Waals surface area contributed by atoms with Gasteiger partial charge in [-0.2, -0.15) is 0 Å². The maximum absolute atomic E-state index is 2.22. The van der Waals surface area contributed by atoms with Gasteiger partial charge >= 0.3 is 0 Å². The molecular formula is C15H20. The molecule has 80 valence electrons.